The molecule has 0 bridgehead atoms. The standard InChI is InChI=1S/C26H54O4/c1-13-15-16-17-18-19-26(14-2,29-27-24(9,10)20-22(3,4)5)30-28-25(11,12)21-23(6,7)8/h13-21H2,1-12H3. The minimum atomic E-state index is -0.892. The number of unbranched alkanes of at least 4 members (excludes halogenated alkanes) is 4. The first-order chi connectivity index (χ1) is 13.4. The Morgan fingerprint density at radius 1 is 0.500 bits per heavy atom. The molecule has 0 atom stereocenters. The Hall–Kier alpha value is -0.160. The molecule has 0 aromatic rings. The minimum Gasteiger partial charge on any atom is -0.228 e. The van der Waals surface area contributed by atoms with Crippen molar-refractivity contribution < 1.29 is 19.6 Å². The number of hydrogen-bond donors (Lipinski definition) is 0. The molecule has 0 fully saturated rings. The third-order valence-electron chi connectivity index (χ3n) is 4.95. The lowest BCUT2D eigenvalue weighted by Crippen LogP contribution is -2.43. The van der Waals surface area contributed by atoms with Crippen molar-refractivity contribution in [3.63, 3.8) is 0 Å². The third kappa shape index (κ3) is 14.8. The maximum absolute atomic E-state index is 6.07. The lowest BCUT2D eigenvalue weighted by atomic mass is 9.84. The molecule has 0 aliphatic heterocycles. The van der Waals surface area contributed by atoms with E-state index < -0.39 is 17.0 Å². The molecule has 0 heterocycles. The van der Waals surface area contributed by atoms with Crippen LogP contribution in [0.5, 0.6) is 0 Å². The zero-order valence-corrected chi connectivity index (χ0v) is 22.5. The van der Waals surface area contributed by atoms with Gasteiger partial charge in [0.2, 0.25) is 5.79 Å². The molecule has 0 saturated heterocycles. The van der Waals surface area contributed by atoms with Gasteiger partial charge in [0.1, 0.15) is 0 Å². The Bertz CT molecular complexity index is 423. The zero-order valence-electron chi connectivity index (χ0n) is 22.5. The van der Waals surface area contributed by atoms with E-state index in [4.69, 9.17) is 19.6 Å². The van der Waals surface area contributed by atoms with E-state index >= 15 is 0 Å². The van der Waals surface area contributed by atoms with Gasteiger partial charge in [0.05, 0.1) is 11.2 Å². The van der Waals surface area contributed by atoms with E-state index in [2.05, 4.69) is 83.1 Å². The summed E-state index contributed by atoms with van der Waals surface area (Å²) in [6, 6.07) is 0. The normalized spacial score (nSPS) is 14.4. The van der Waals surface area contributed by atoms with Crippen LogP contribution < -0.4 is 0 Å². The summed E-state index contributed by atoms with van der Waals surface area (Å²) >= 11 is 0. The van der Waals surface area contributed by atoms with Crippen molar-refractivity contribution in [1.82, 2.24) is 0 Å². The molecule has 0 radical (unpaired) electrons. The molecular weight excluding hydrogens is 376 g/mol. The average Bonchev–Trinajstić information content (AvgIpc) is 2.52. The van der Waals surface area contributed by atoms with Gasteiger partial charge in [-0.15, -0.1) is 0 Å². The molecule has 0 aliphatic carbocycles. The highest BCUT2D eigenvalue weighted by Gasteiger charge is 2.39. The van der Waals surface area contributed by atoms with Gasteiger partial charge in [0, 0.05) is 12.8 Å². The van der Waals surface area contributed by atoms with E-state index in [1.807, 2.05) is 0 Å². The van der Waals surface area contributed by atoms with Crippen molar-refractivity contribution in [2.24, 2.45) is 10.8 Å². The van der Waals surface area contributed by atoms with Gasteiger partial charge in [0.25, 0.3) is 0 Å². The second-order valence-electron chi connectivity index (χ2n) is 12.8. The second-order valence-corrected chi connectivity index (χ2v) is 12.8. The highest BCUT2D eigenvalue weighted by molar-refractivity contribution is 4.78. The minimum absolute atomic E-state index is 0.147. The summed E-state index contributed by atoms with van der Waals surface area (Å²) in [6.45, 7) is 25.9. The topological polar surface area (TPSA) is 36.9 Å². The maximum atomic E-state index is 6.07. The van der Waals surface area contributed by atoms with E-state index in [0.717, 1.165) is 25.7 Å². The van der Waals surface area contributed by atoms with Gasteiger partial charge < -0.3 is 0 Å². The Kier molecular flexibility index (Phi) is 12.1. The first kappa shape index (κ1) is 29.8. The molecule has 182 valence electrons. The van der Waals surface area contributed by atoms with Crippen LogP contribution in [-0.4, -0.2) is 17.0 Å². The summed E-state index contributed by atoms with van der Waals surface area (Å²) in [5.41, 5.74) is -0.530. The van der Waals surface area contributed by atoms with Gasteiger partial charge in [-0.2, -0.15) is 9.78 Å². The summed E-state index contributed by atoms with van der Waals surface area (Å²) in [6.07, 6.45) is 9.12. The Labute approximate surface area is 188 Å². The molecule has 0 aromatic carbocycles. The van der Waals surface area contributed by atoms with Crippen LogP contribution in [0.15, 0.2) is 0 Å². The number of hydrogen-bond acceptors (Lipinski definition) is 4. The van der Waals surface area contributed by atoms with Crippen molar-refractivity contribution >= 4 is 0 Å². The van der Waals surface area contributed by atoms with Crippen LogP contribution in [0.4, 0.5) is 0 Å². The van der Waals surface area contributed by atoms with Crippen molar-refractivity contribution in [3.8, 4) is 0 Å². The van der Waals surface area contributed by atoms with Crippen LogP contribution in [0.25, 0.3) is 0 Å². The molecule has 4 heteroatoms. The Balaban J connectivity index is 5.21. The van der Waals surface area contributed by atoms with Crippen molar-refractivity contribution in [2.45, 2.75) is 158 Å². The fourth-order valence-electron chi connectivity index (χ4n) is 4.38. The van der Waals surface area contributed by atoms with Crippen molar-refractivity contribution in [3.05, 3.63) is 0 Å². The molecule has 30 heavy (non-hydrogen) atoms. The number of rotatable bonds is 15. The van der Waals surface area contributed by atoms with Crippen molar-refractivity contribution in [1.29, 1.82) is 0 Å². The molecule has 0 unspecified atom stereocenters. The van der Waals surface area contributed by atoms with E-state index in [1.54, 1.807) is 0 Å². The Morgan fingerprint density at radius 3 is 1.23 bits per heavy atom. The predicted octanol–water partition coefficient (Wildman–Crippen LogP) is 8.78. The van der Waals surface area contributed by atoms with Crippen LogP contribution >= 0.6 is 0 Å². The summed E-state index contributed by atoms with van der Waals surface area (Å²) in [4.78, 5) is 24.2. The van der Waals surface area contributed by atoms with Gasteiger partial charge in [-0.05, 0) is 57.8 Å². The highest BCUT2D eigenvalue weighted by Crippen LogP contribution is 2.36. The largest absolute Gasteiger partial charge is 0.233 e. The summed E-state index contributed by atoms with van der Waals surface area (Å²) in [5.74, 6) is -0.892. The first-order valence-electron chi connectivity index (χ1n) is 12.2. The van der Waals surface area contributed by atoms with Crippen molar-refractivity contribution in [2.75, 3.05) is 0 Å². The fraction of sp³-hybridized carbons (Fsp3) is 1.00. The molecule has 0 aliphatic rings. The molecule has 0 amide bonds. The molecule has 0 aromatic heterocycles. The van der Waals surface area contributed by atoms with E-state index in [9.17, 15) is 0 Å². The van der Waals surface area contributed by atoms with Crippen LogP contribution in [0, 0.1) is 10.8 Å². The van der Waals surface area contributed by atoms with E-state index in [0.29, 0.717) is 6.42 Å². The lowest BCUT2D eigenvalue weighted by molar-refractivity contribution is -0.546. The lowest BCUT2D eigenvalue weighted by Gasteiger charge is -2.39. The second kappa shape index (κ2) is 12.2. The summed E-state index contributed by atoms with van der Waals surface area (Å²) in [5, 5.41) is 0. The monoisotopic (exact) mass is 430 g/mol. The highest BCUT2D eigenvalue weighted by atomic mass is 17.3. The molecule has 0 N–H and O–H groups in total. The summed E-state index contributed by atoms with van der Waals surface area (Å²) < 4.78 is 0. The van der Waals surface area contributed by atoms with E-state index in [-0.39, 0.29) is 10.8 Å². The summed E-state index contributed by atoms with van der Waals surface area (Å²) in [7, 11) is 0. The predicted molar refractivity (Wildman–Crippen MR) is 127 cm³/mol. The maximum Gasteiger partial charge on any atom is 0.233 e. The zero-order chi connectivity index (χ0) is 23.7. The third-order valence-corrected chi connectivity index (χ3v) is 4.95. The Morgan fingerprint density at radius 2 is 0.900 bits per heavy atom. The first-order valence-corrected chi connectivity index (χ1v) is 12.2. The van der Waals surface area contributed by atoms with Crippen LogP contribution in [0.2, 0.25) is 0 Å². The molecule has 0 spiro atoms. The average molecular weight is 431 g/mol. The van der Waals surface area contributed by atoms with Gasteiger partial charge in [-0.3, -0.25) is 0 Å². The molecule has 4 nitrogen and oxygen atoms in total. The van der Waals surface area contributed by atoms with Gasteiger partial charge >= 0.3 is 0 Å². The van der Waals surface area contributed by atoms with Gasteiger partial charge in [0.15, 0.2) is 0 Å². The molecule has 0 rings (SSSR count). The van der Waals surface area contributed by atoms with E-state index in [1.165, 1.54) is 25.7 Å². The smallest absolute Gasteiger partial charge is 0.228 e. The fourth-order valence-corrected chi connectivity index (χ4v) is 4.38. The molecule has 0 saturated carbocycles. The van der Waals surface area contributed by atoms with Gasteiger partial charge in [-0.1, -0.05) is 81.1 Å². The van der Waals surface area contributed by atoms with Crippen LogP contribution in [-0.2, 0) is 19.6 Å². The SMILES string of the molecule is CCCCCCCC(CC)(OOC(C)(C)CC(C)(C)C)OOC(C)(C)CC(C)(C)C. The van der Waals surface area contributed by atoms with Crippen LogP contribution in [0.3, 0.4) is 0 Å². The van der Waals surface area contributed by atoms with Crippen LogP contribution in [0.1, 0.15) is 141 Å². The quantitative estimate of drug-likeness (QED) is 0.113. The van der Waals surface area contributed by atoms with Gasteiger partial charge in [-0.25, -0.2) is 9.78 Å². The molecular formula is C26H54O4.